The first kappa shape index (κ1) is 20.9. The number of halogens is 1. The van der Waals surface area contributed by atoms with Crippen LogP contribution in [0.3, 0.4) is 0 Å². The number of anilines is 1. The summed E-state index contributed by atoms with van der Waals surface area (Å²) in [6.45, 7) is 4.98. The van der Waals surface area contributed by atoms with Crippen molar-refractivity contribution in [1.82, 2.24) is 24.8 Å². The lowest BCUT2D eigenvalue weighted by Gasteiger charge is -2.33. The van der Waals surface area contributed by atoms with Crippen LogP contribution in [-0.4, -0.2) is 64.4 Å². The lowest BCUT2D eigenvalue weighted by molar-refractivity contribution is 0.0698. The third-order valence-electron chi connectivity index (χ3n) is 6.82. The van der Waals surface area contributed by atoms with Crippen LogP contribution in [0.25, 0.3) is 10.9 Å². The maximum Gasteiger partial charge on any atom is 0.270 e. The molecular formula is C24H29FN6O. The fraction of sp³-hybridized carbons (Fsp3) is 0.458. The Labute approximate surface area is 187 Å². The molecule has 1 atom stereocenters. The Kier molecular flexibility index (Phi) is 5.33. The molecule has 2 N–H and O–H groups in total. The van der Waals surface area contributed by atoms with E-state index in [-0.39, 0.29) is 17.6 Å². The van der Waals surface area contributed by atoms with Gasteiger partial charge in [-0.3, -0.25) is 4.79 Å². The number of likely N-dealkylation sites (N-methyl/N-ethyl adjacent to an activating group) is 1. The zero-order valence-electron chi connectivity index (χ0n) is 18.8. The molecule has 1 amide bonds. The highest BCUT2D eigenvalue weighted by Gasteiger charge is 2.30. The van der Waals surface area contributed by atoms with Crippen molar-refractivity contribution in [3.8, 4) is 0 Å². The molecule has 3 aromatic rings. The molecule has 0 saturated carbocycles. The molecule has 0 bridgehead atoms. The van der Waals surface area contributed by atoms with Crippen LogP contribution in [0, 0.1) is 12.7 Å². The van der Waals surface area contributed by atoms with Gasteiger partial charge in [-0.05, 0) is 57.0 Å². The number of carbonyl (C=O) groups is 1. The summed E-state index contributed by atoms with van der Waals surface area (Å²) in [5.74, 6) is 1.48. The Hall–Kier alpha value is -3.00. The first-order valence-corrected chi connectivity index (χ1v) is 11.3. The van der Waals surface area contributed by atoms with Crippen molar-refractivity contribution in [2.75, 3.05) is 39.0 Å². The predicted molar refractivity (Wildman–Crippen MR) is 122 cm³/mol. The second-order valence-corrected chi connectivity index (χ2v) is 9.00. The van der Waals surface area contributed by atoms with Crippen LogP contribution in [0.15, 0.2) is 18.2 Å². The van der Waals surface area contributed by atoms with Gasteiger partial charge in [-0.2, -0.15) is 0 Å². The molecule has 4 heterocycles. The lowest BCUT2D eigenvalue weighted by atomic mass is 9.95. The Morgan fingerprint density at radius 1 is 1.28 bits per heavy atom. The van der Waals surface area contributed by atoms with Crippen LogP contribution in [0.1, 0.15) is 51.9 Å². The van der Waals surface area contributed by atoms with Gasteiger partial charge in [-0.1, -0.05) is 0 Å². The zero-order valence-corrected chi connectivity index (χ0v) is 18.8. The predicted octanol–water partition coefficient (Wildman–Crippen LogP) is 3.45. The molecule has 1 fully saturated rings. The van der Waals surface area contributed by atoms with E-state index in [2.05, 4.69) is 22.2 Å². The van der Waals surface area contributed by atoms with Crippen molar-refractivity contribution >= 4 is 22.6 Å². The molecule has 2 aliphatic rings. The molecule has 0 radical (unpaired) electrons. The van der Waals surface area contributed by atoms with Gasteiger partial charge in [0.25, 0.3) is 5.91 Å². The molecule has 32 heavy (non-hydrogen) atoms. The van der Waals surface area contributed by atoms with E-state index in [0.717, 1.165) is 66.2 Å². The molecule has 5 rings (SSSR count). The number of piperidine rings is 1. The maximum atomic E-state index is 13.7. The number of carbonyl (C=O) groups excluding carboxylic acids is 1. The summed E-state index contributed by atoms with van der Waals surface area (Å²) in [4.78, 5) is 30.6. The monoisotopic (exact) mass is 436 g/mol. The van der Waals surface area contributed by atoms with Gasteiger partial charge in [0.1, 0.15) is 23.2 Å². The van der Waals surface area contributed by atoms with Crippen LogP contribution in [0.2, 0.25) is 0 Å². The highest BCUT2D eigenvalue weighted by Crippen LogP contribution is 2.31. The van der Waals surface area contributed by atoms with E-state index < -0.39 is 0 Å². The smallest absolute Gasteiger partial charge is 0.270 e. The molecule has 2 aromatic heterocycles. The number of fused-ring (bicyclic) bond motifs is 2. The third kappa shape index (κ3) is 3.62. The van der Waals surface area contributed by atoms with E-state index >= 15 is 0 Å². The van der Waals surface area contributed by atoms with Gasteiger partial charge in [0.05, 0.1) is 5.69 Å². The summed E-state index contributed by atoms with van der Waals surface area (Å²) in [5, 5.41) is 4.00. The van der Waals surface area contributed by atoms with Crippen LogP contribution in [-0.2, 0) is 13.0 Å². The molecule has 0 spiro atoms. The van der Waals surface area contributed by atoms with E-state index in [1.54, 1.807) is 6.07 Å². The number of benzene rings is 1. The van der Waals surface area contributed by atoms with E-state index in [0.29, 0.717) is 18.8 Å². The number of aromatic nitrogens is 3. The first-order chi connectivity index (χ1) is 15.4. The number of aryl methyl sites for hydroxylation is 1. The van der Waals surface area contributed by atoms with Crippen molar-refractivity contribution in [2.45, 2.75) is 38.6 Å². The SMILES string of the molecule is CNc1nc([C@H]2CCCN(C(=O)c3[nH]c4ccc(F)cc4c3C)C2)nc2c1CCN(C)C2. The quantitative estimate of drug-likeness (QED) is 0.658. The summed E-state index contributed by atoms with van der Waals surface area (Å²) in [6, 6.07) is 4.58. The van der Waals surface area contributed by atoms with E-state index in [1.807, 2.05) is 18.9 Å². The number of hydrogen-bond donors (Lipinski definition) is 2. The second kappa shape index (κ2) is 8.16. The summed E-state index contributed by atoms with van der Waals surface area (Å²) in [7, 11) is 4.02. The number of nitrogens with one attached hydrogen (secondary N) is 2. The molecule has 8 heteroatoms. The van der Waals surface area contributed by atoms with E-state index in [9.17, 15) is 9.18 Å². The number of amides is 1. The molecule has 7 nitrogen and oxygen atoms in total. The molecule has 0 unspecified atom stereocenters. The Morgan fingerprint density at radius 3 is 2.94 bits per heavy atom. The van der Waals surface area contributed by atoms with E-state index in [4.69, 9.17) is 9.97 Å². The summed E-state index contributed by atoms with van der Waals surface area (Å²) >= 11 is 0. The summed E-state index contributed by atoms with van der Waals surface area (Å²) < 4.78 is 13.7. The van der Waals surface area contributed by atoms with Gasteiger partial charge in [-0.25, -0.2) is 14.4 Å². The maximum absolute atomic E-state index is 13.7. The normalized spacial score (nSPS) is 19.2. The second-order valence-electron chi connectivity index (χ2n) is 9.00. The fourth-order valence-corrected chi connectivity index (χ4v) is 5.01. The zero-order chi connectivity index (χ0) is 22.4. The van der Waals surface area contributed by atoms with E-state index in [1.165, 1.54) is 17.7 Å². The van der Waals surface area contributed by atoms with Crippen molar-refractivity contribution in [1.29, 1.82) is 0 Å². The highest BCUT2D eigenvalue weighted by molar-refractivity contribution is 6.01. The lowest BCUT2D eigenvalue weighted by Crippen LogP contribution is -2.40. The average Bonchev–Trinajstić information content (AvgIpc) is 3.13. The van der Waals surface area contributed by atoms with Crippen molar-refractivity contribution in [2.24, 2.45) is 0 Å². The molecule has 168 valence electrons. The van der Waals surface area contributed by atoms with Gasteiger partial charge < -0.3 is 20.1 Å². The standard InChI is InChI=1S/C24H29FN6O/c1-14-18-11-16(25)6-7-19(18)27-21(14)24(32)31-9-4-5-15(12-31)22-28-20-13-30(3)10-8-17(20)23(26-2)29-22/h6-7,11,15,27H,4-5,8-10,12-13H2,1-3H3,(H,26,28,29)/t15-/m0/s1. The Morgan fingerprint density at radius 2 is 2.12 bits per heavy atom. The average molecular weight is 437 g/mol. The molecular weight excluding hydrogens is 407 g/mol. The van der Waals surface area contributed by atoms with Crippen LogP contribution >= 0.6 is 0 Å². The number of rotatable bonds is 3. The number of hydrogen-bond acceptors (Lipinski definition) is 5. The van der Waals surface area contributed by atoms with Gasteiger partial charge >= 0.3 is 0 Å². The van der Waals surface area contributed by atoms with Gasteiger partial charge in [0.15, 0.2) is 0 Å². The molecule has 1 saturated heterocycles. The van der Waals surface area contributed by atoms with Crippen LogP contribution in [0.5, 0.6) is 0 Å². The largest absolute Gasteiger partial charge is 0.373 e. The summed E-state index contributed by atoms with van der Waals surface area (Å²) in [5.41, 5.74) is 4.40. The minimum absolute atomic E-state index is 0.0460. The highest BCUT2D eigenvalue weighted by atomic mass is 19.1. The Bertz CT molecular complexity index is 1190. The number of aromatic amines is 1. The third-order valence-corrected chi connectivity index (χ3v) is 6.82. The number of H-pyrrole nitrogens is 1. The van der Waals surface area contributed by atoms with Crippen molar-refractivity contribution in [3.63, 3.8) is 0 Å². The fourth-order valence-electron chi connectivity index (χ4n) is 5.01. The van der Waals surface area contributed by atoms with Crippen molar-refractivity contribution in [3.05, 3.63) is 52.4 Å². The van der Waals surface area contributed by atoms with Gasteiger partial charge in [-0.15, -0.1) is 0 Å². The Balaban J connectivity index is 1.42. The minimum Gasteiger partial charge on any atom is -0.373 e. The molecule has 2 aliphatic heterocycles. The van der Waals surface area contributed by atoms with Gasteiger partial charge in [0.2, 0.25) is 0 Å². The minimum atomic E-state index is -0.299. The number of likely N-dealkylation sites (tertiary alicyclic amines) is 1. The number of nitrogens with zero attached hydrogens (tertiary/aromatic N) is 4. The summed E-state index contributed by atoms with van der Waals surface area (Å²) in [6.07, 6.45) is 2.80. The van der Waals surface area contributed by atoms with Crippen LogP contribution in [0.4, 0.5) is 10.2 Å². The van der Waals surface area contributed by atoms with Gasteiger partial charge in [0, 0.05) is 55.6 Å². The van der Waals surface area contributed by atoms with Crippen LogP contribution < -0.4 is 5.32 Å². The molecule has 1 aromatic carbocycles. The molecule has 0 aliphatic carbocycles. The topological polar surface area (TPSA) is 77.1 Å². The first-order valence-electron chi connectivity index (χ1n) is 11.3. The van der Waals surface area contributed by atoms with Crippen molar-refractivity contribution < 1.29 is 9.18 Å².